The summed E-state index contributed by atoms with van der Waals surface area (Å²) in [7, 11) is 0. The average Bonchev–Trinajstić information content (AvgIpc) is 3.15. The number of rotatable bonds is 3. The predicted octanol–water partition coefficient (Wildman–Crippen LogP) is 1.93. The number of nitrogens with one attached hydrogen (secondary N) is 1. The summed E-state index contributed by atoms with van der Waals surface area (Å²) in [5.74, 6) is -1.95. The molecule has 1 unspecified atom stereocenters. The van der Waals surface area contributed by atoms with Gasteiger partial charge in [-0.3, -0.25) is 4.90 Å². The Kier molecular flexibility index (Phi) is 4.49. The molecule has 3 heterocycles. The summed E-state index contributed by atoms with van der Waals surface area (Å²) in [6.07, 6.45) is -4.90. The van der Waals surface area contributed by atoms with Gasteiger partial charge in [-0.05, 0) is 22.0 Å². The minimum atomic E-state index is -5.08. The average molecular weight is 411 g/mol. The number of hydrogen-bond acceptors (Lipinski definition) is 8. The van der Waals surface area contributed by atoms with Crippen molar-refractivity contribution >= 4 is 27.9 Å². The highest BCUT2D eigenvalue weighted by molar-refractivity contribution is 9.10. The molecule has 1 atom stereocenters. The van der Waals surface area contributed by atoms with E-state index >= 15 is 0 Å². The molecule has 130 valence electrons. The van der Waals surface area contributed by atoms with Crippen LogP contribution in [0.15, 0.2) is 25.6 Å². The van der Waals surface area contributed by atoms with Gasteiger partial charge in [-0.25, -0.2) is 4.79 Å². The maximum absolute atomic E-state index is 12.4. The standard InChI is InChI=1S/C12H10BrF3N4O4/c13-6-1-4-22-8(6)9-18-19-11(24-9)20-3-2-17-5-7(20)23-10(21)12(14,15)16/h1,4,7,17H,2-3,5H2. The molecule has 0 bridgehead atoms. The number of carbonyl (C=O) groups is 1. The molecular weight excluding hydrogens is 401 g/mol. The Morgan fingerprint density at radius 2 is 2.25 bits per heavy atom. The minimum Gasteiger partial charge on any atom is -0.458 e. The van der Waals surface area contributed by atoms with Crippen LogP contribution < -0.4 is 10.2 Å². The number of halogens is 4. The first-order valence-electron chi connectivity index (χ1n) is 6.68. The molecule has 2 aromatic rings. The van der Waals surface area contributed by atoms with E-state index in [-0.39, 0.29) is 30.8 Å². The summed E-state index contributed by atoms with van der Waals surface area (Å²) in [4.78, 5) is 12.3. The van der Waals surface area contributed by atoms with Crippen LogP contribution in [0, 0.1) is 0 Å². The van der Waals surface area contributed by atoms with Crippen molar-refractivity contribution in [3.8, 4) is 11.7 Å². The van der Waals surface area contributed by atoms with E-state index in [2.05, 4.69) is 36.2 Å². The fraction of sp³-hybridized carbons (Fsp3) is 0.417. The van der Waals surface area contributed by atoms with E-state index in [9.17, 15) is 18.0 Å². The van der Waals surface area contributed by atoms with E-state index in [0.717, 1.165) is 0 Å². The smallest absolute Gasteiger partial charge is 0.458 e. The largest absolute Gasteiger partial charge is 0.491 e. The van der Waals surface area contributed by atoms with Crippen molar-refractivity contribution in [1.82, 2.24) is 15.5 Å². The van der Waals surface area contributed by atoms with Gasteiger partial charge < -0.3 is 18.9 Å². The highest BCUT2D eigenvalue weighted by Gasteiger charge is 2.44. The van der Waals surface area contributed by atoms with Crippen LogP contribution in [0.4, 0.5) is 19.2 Å². The second kappa shape index (κ2) is 6.43. The summed E-state index contributed by atoms with van der Waals surface area (Å²) >= 11 is 3.24. The number of piperazine rings is 1. The molecule has 24 heavy (non-hydrogen) atoms. The number of esters is 1. The second-order valence-corrected chi connectivity index (χ2v) is 5.60. The van der Waals surface area contributed by atoms with Gasteiger partial charge in [-0.1, -0.05) is 5.10 Å². The Hall–Kier alpha value is -2.08. The predicted molar refractivity (Wildman–Crippen MR) is 75.9 cm³/mol. The van der Waals surface area contributed by atoms with Crippen LogP contribution in [0.1, 0.15) is 0 Å². The number of ether oxygens (including phenoxy) is 1. The molecule has 3 rings (SSSR count). The van der Waals surface area contributed by atoms with Crippen molar-refractivity contribution < 1.29 is 31.5 Å². The Morgan fingerprint density at radius 3 is 2.92 bits per heavy atom. The van der Waals surface area contributed by atoms with Crippen molar-refractivity contribution in [2.45, 2.75) is 12.4 Å². The fourth-order valence-corrected chi connectivity index (χ4v) is 2.43. The molecule has 1 aliphatic heterocycles. The van der Waals surface area contributed by atoms with E-state index in [1.807, 2.05) is 0 Å². The summed E-state index contributed by atoms with van der Waals surface area (Å²) in [6, 6.07) is 1.55. The molecule has 12 heteroatoms. The van der Waals surface area contributed by atoms with Gasteiger partial charge >= 0.3 is 18.2 Å². The maximum Gasteiger partial charge on any atom is 0.491 e. The Balaban J connectivity index is 1.80. The molecule has 1 saturated heterocycles. The lowest BCUT2D eigenvalue weighted by Gasteiger charge is -2.33. The lowest BCUT2D eigenvalue weighted by Crippen LogP contribution is -2.54. The van der Waals surface area contributed by atoms with Gasteiger partial charge in [0.2, 0.25) is 5.76 Å². The molecule has 0 aliphatic carbocycles. The fourth-order valence-electron chi connectivity index (χ4n) is 2.06. The van der Waals surface area contributed by atoms with Crippen molar-refractivity contribution in [2.75, 3.05) is 24.5 Å². The zero-order valence-corrected chi connectivity index (χ0v) is 13.4. The van der Waals surface area contributed by atoms with Crippen LogP contribution >= 0.6 is 15.9 Å². The lowest BCUT2D eigenvalue weighted by atomic mass is 10.3. The molecule has 1 aliphatic rings. The van der Waals surface area contributed by atoms with E-state index < -0.39 is 18.4 Å². The van der Waals surface area contributed by atoms with Gasteiger partial charge in [0.25, 0.3) is 5.89 Å². The molecule has 1 N–H and O–H groups in total. The number of anilines is 1. The molecule has 0 spiro atoms. The van der Waals surface area contributed by atoms with Gasteiger partial charge in [0.1, 0.15) is 0 Å². The number of aromatic nitrogens is 2. The molecule has 0 radical (unpaired) electrons. The molecule has 0 amide bonds. The first-order chi connectivity index (χ1) is 11.4. The van der Waals surface area contributed by atoms with Crippen LogP contribution in [0.5, 0.6) is 0 Å². The highest BCUT2D eigenvalue weighted by Crippen LogP contribution is 2.30. The zero-order chi connectivity index (χ0) is 17.3. The zero-order valence-electron chi connectivity index (χ0n) is 11.8. The normalized spacial score (nSPS) is 18.7. The highest BCUT2D eigenvalue weighted by atomic mass is 79.9. The third kappa shape index (κ3) is 3.38. The van der Waals surface area contributed by atoms with Crippen LogP contribution in [-0.4, -0.2) is 48.2 Å². The Morgan fingerprint density at radius 1 is 1.46 bits per heavy atom. The van der Waals surface area contributed by atoms with Gasteiger partial charge in [0.05, 0.1) is 17.3 Å². The monoisotopic (exact) mass is 410 g/mol. The number of nitrogens with zero attached hydrogens (tertiary/aromatic N) is 3. The second-order valence-electron chi connectivity index (χ2n) is 4.74. The molecule has 8 nitrogen and oxygen atoms in total. The van der Waals surface area contributed by atoms with Gasteiger partial charge in [-0.2, -0.15) is 13.2 Å². The summed E-state index contributed by atoms with van der Waals surface area (Å²) in [5, 5.41) is 10.4. The summed E-state index contributed by atoms with van der Waals surface area (Å²) in [6.45, 7) is 0.656. The first-order valence-corrected chi connectivity index (χ1v) is 7.47. The number of furan rings is 1. The number of hydrogen-bond donors (Lipinski definition) is 1. The van der Waals surface area contributed by atoms with Gasteiger partial charge in [-0.15, -0.1) is 5.10 Å². The van der Waals surface area contributed by atoms with Gasteiger partial charge in [0.15, 0.2) is 6.23 Å². The first kappa shape index (κ1) is 16.8. The van der Waals surface area contributed by atoms with E-state index in [1.54, 1.807) is 6.07 Å². The molecule has 2 aromatic heterocycles. The van der Waals surface area contributed by atoms with E-state index in [0.29, 0.717) is 11.0 Å². The molecule has 0 aromatic carbocycles. The van der Waals surface area contributed by atoms with E-state index in [4.69, 9.17) is 8.83 Å². The molecule has 0 saturated carbocycles. The SMILES string of the molecule is O=C(OC1CNCCN1c1nnc(-c2occc2Br)o1)C(F)(F)F. The summed E-state index contributed by atoms with van der Waals surface area (Å²) < 4.78 is 52.8. The van der Waals surface area contributed by atoms with Crippen molar-refractivity contribution in [3.05, 3.63) is 16.8 Å². The van der Waals surface area contributed by atoms with Crippen LogP contribution in [0.3, 0.4) is 0 Å². The van der Waals surface area contributed by atoms with Crippen molar-refractivity contribution in [2.24, 2.45) is 0 Å². The third-order valence-electron chi connectivity index (χ3n) is 3.14. The third-order valence-corrected chi connectivity index (χ3v) is 3.77. The summed E-state index contributed by atoms with van der Waals surface area (Å²) in [5.41, 5.74) is 0. The Labute approximate surface area is 141 Å². The van der Waals surface area contributed by atoms with Crippen LogP contribution in [0.25, 0.3) is 11.7 Å². The number of alkyl halides is 3. The van der Waals surface area contributed by atoms with E-state index in [1.165, 1.54) is 11.2 Å². The number of carbonyl (C=O) groups excluding carboxylic acids is 1. The van der Waals surface area contributed by atoms with Gasteiger partial charge in [0, 0.05) is 13.1 Å². The lowest BCUT2D eigenvalue weighted by molar-refractivity contribution is -0.205. The maximum atomic E-state index is 12.4. The molecular formula is C12H10BrF3N4O4. The Bertz CT molecular complexity index is 732. The topological polar surface area (TPSA) is 93.6 Å². The van der Waals surface area contributed by atoms with Crippen LogP contribution in [-0.2, 0) is 9.53 Å². The van der Waals surface area contributed by atoms with Crippen molar-refractivity contribution in [1.29, 1.82) is 0 Å². The van der Waals surface area contributed by atoms with Crippen LogP contribution in [0.2, 0.25) is 0 Å². The molecule has 1 fully saturated rings. The minimum absolute atomic E-state index is 0.00994. The van der Waals surface area contributed by atoms with Crippen molar-refractivity contribution in [3.63, 3.8) is 0 Å². The quantitative estimate of drug-likeness (QED) is 0.767.